The van der Waals surface area contributed by atoms with Gasteiger partial charge in [0.05, 0.1) is 19.3 Å². The van der Waals surface area contributed by atoms with Crippen LogP contribution >= 0.6 is 0 Å². The lowest BCUT2D eigenvalue weighted by Gasteiger charge is -2.10. The van der Waals surface area contributed by atoms with Crippen LogP contribution in [-0.4, -0.2) is 36.6 Å². The molecule has 2 rings (SSSR count). The highest BCUT2D eigenvalue weighted by molar-refractivity contribution is 4.92. The van der Waals surface area contributed by atoms with Gasteiger partial charge in [0, 0.05) is 5.92 Å². The second-order valence-electron chi connectivity index (χ2n) is 3.14. The third kappa shape index (κ3) is 0.779. The Kier molecular flexibility index (Phi) is 1.44. The molecule has 0 aromatic carbocycles. The largest absolute Gasteiger partial charge is 0.388 e. The molecule has 0 bridgehead atoms. The first-order valence-electron chi connectivity index (χ1n) is 3.70. The van der Waals surface area contributed by atoms with E-state index >= 15 is 0 Å². The molecule has 3 heteroatoms. The zero-order valence-electron chi connectivity index (χ0n) is 5.99. The summed E-state index contributed by atoms with van der Waals surface area (Å²) < 4.78 is 10.7. The van der Waals surface area contributed by atoms with Crippen LogP contribution in [0.3, 0.4) is 0 Å². The average molecular weight is 144 g/mol. The van der Waals surface area contributed by atoms with Gasteiger partial charge in [0.15, 0.2) is 0 Å². The third-order valence-electron chi connectivity index (χ3n) is 2.27. The van der Waals surface area contributed by atoms with E-state index in [2.05, 4.69) is 6.92 Å². The molecule has 10 heavy (non-hydrogen) atoms. The molecule has 2 aliphatic heterocycles. The van der Waals surface area contributed by atoms with Crippen LogP contribution in [0.25, 0.3) is 0 Å². The predicted octanol–water partition coefficient (Wildman–Crippen LogP) is -0.219. The SMILES string of the molecule is CC1CO[C@@H]2[C@H](O)CO[C@H]12. The highest BCUT2D eigenvalue weighted by atomic mass is 16.6. The molecule has 2 fully saturated rings. The van der Waals surface area contributed by atoms with Gasteiger partial charge in [-0.2, -0.15) is 0 Å². The lowest BCUT2D eigenvalue weighted by atomic mass is 10.0. The van der Waals surface area contributed by atoms with Crippen LogP contribution in [0.5, 0.6) is 0 Å². The summed E-state index contributed by atoms with van der Waals surface area (Å²) in [4.78, 5) is 0. The molecule has 58 valence electrons. The highest BCUT2D eigenvalue weighted by Crippen LogP contribution is 2.30. The normalized spacial score (nSPS) is 53.4. The van der Waals surface area contributed by atoms with Gasteiger partial charge < -0.3 is 14.6 Å². The summed E-state index contributed by atoms with van der Waals surface area (Å²) in [5.74, 6) is 0.446. The van der Waals surface area contributed by atoms with Gasteiger partial charge in [-0.3, -0.25) is 0 Å². The quantitative estimate of drug-likeness (QED) is 0.511. The molecule has 2 heterocycles. The molecule has 2 aliphatic rings. The molecule has 2 saturated heterocycles. The Balaban J connectivity index is 2.09. The van der Waals surface area contributed by atoms with Crippen molar-refractivity contribution in [3.8, 4) is 0 Å². The van der Waals surface area contributed by atoms with Crippen molar-refractivity contribution < 1.29 is 14.6 Å². The lowest BCUT2D eigenvalue weighted by Crippen LogP contribution is -2.28. The number of hydrogen-bond acceptors (Lipinski definition) is 3. The van der Waals surface area contributed by atoms with Gasteiger partial charge in [0.25, 0.3) is 0 Å². The number of aliphatic hydroxyl groups excluding tert-OH is 1. The van der Waals surface area contributed by atoms with E-state index in [0.717, 1.165) is 6.61 Å². The van der Waals surface area contributed by atoms with Gasteiger partial charge in [0.2, 0.25) is 0 Å². The van der Waals surface area contributed by atoms with Crippen molar-refractivity contribution in [3.63, 3.8) is 0 Å². The van der Waals surface area contributed by atoms with Crippen LogP contribution in [0.1, 0.15) is 6.92 Å². The Morgan fingerprint density at radius 3 is 2.60 bits per heavy atom. The molecule has 0 spiro atoms. The third-order valence-corrected chi connectivity index (χ3v) is 2.27. The fraction of sp³-hybridized carbons (Fsp3) is 1.00. The maximum Gasteiger partial charge on any atom is 0.112 e. The van der Waals surface area contributed by atoms with Crippen LogP contribution in [0.15, 0.2) is 0 Å². The summed E-state index contributed by atoms with van der Waals surface area (Å²) >= 11 is 0. The first-order chi connectivity index (χ1) is 4.79. The van der Waals surface area contributed by atoms with Crippen LogP contribution in [-0.2, 0) is 9.47 Å². The molecule has 0 radical (unpaired) electrons. The maximum absolute atomic E-state index is 9.27. The van der Waals surface area contributed by atoms with Gasteiger partial charge in [-0.05, 0) is 0 Å². The van der Waals surface area contributed by atoms with E-state index in [0.29, 0.717) is 12.5 Å². The molecule has 3 nitrogen and oxygen atoms in total. The van der Waals surface area contributed by atoms with Crippen LogP contribution in [0.2, 0.25) is 0 Å². The van der Waals surface area contributed by atoms with E-state index in [9.17, 15) is 5.11 Å². The van der Waals surface area contributed by atoms with Gasteiger partial charge in [0.1, 0.15) is 12.2 Å². The first-order valence-corrected chi connectivity index (χ1v) is 3.70. The predicted molar refractivity (Wildman–Crippen MR) is 34.7 cm³/mol. The Hall–Kier alpha value is -0.120. The van der Waals surface area contributed by atoms with Crippen molar-refractivity contribution in [2.45, 2.75) is 25.2 Å². The fourth-order valence-corrected chi connectivity index (χ4v) is 1.67. The molecule has 1 unspecified atom stereocenters. The topological polar surface area (TPSA) is 38.7 Å². The minimum Gasteiger partial charge on any atom is -0.388 e. The molecule has 0 amide bonds. The zero-order valence-corrected chi connectivity index (χ0v) is 5.99. The van der Waals surface area contributed by atoms with Crippen LogP contribution in [0, 0.1) is 5.92 Å². The molecular weight excluding hydrogens is 132 g/mol. The summed E-state index contributed by atoms with van der Waals surface area (Å²) in [7, 11) is 0. The fourth-order valence-electron chi connectivity index (χ4n) is 1.67. The summed E-state index contributed by atoms with van der Waals surface area (Å²) in [5, 5.41) is 9.27. The first kappa shape index (κ1) is 6.58. The Morgan fingerprint density at radius 1 is 1.20 bits per heavy atom. The van der Waals surface area contributed by atoms with Crippen LogP contribution in [0.4, 0.5) is 0 Å². The van der Waals surface area contributed by atoms with Crippen molar-refractivity contribution in [2.75, 3.05) is 13.2 Å². The minimum absolute atomic E-state index is 0.0463. The number of hydrogen-bond donors (Lipinski definition) is 1. The molecule has 0 saturated carbocycles. The van der Waals surface area contributed by atoms with E-state index in [1.165, 1.54) is 0 Å². The molecule has 0 aromatic rings. The van der Waals surface area contributed by atoms with E-state index in [1.807, 2.05) is 0 Å². The molecular formula is C7H12O3. The van der Waals surface area contributed by atoms with Gasteiger partial charge >= 0.3 is 0 Å². The lowest BCUT2D eigenvalue weighted by molar-refractivity contribution is 0.0173. The zero-order chi connectivity index (χ0) is 7.14. The minimum atomic E-state index is -0.394. The van der Waals surface area contributed by atoms with E-state index in [-0.39, 0.29) is 12.2 Å². The molecule has 0 aliphatic carbocycles. The maximum atomic E-state index is 9.27. The summed E-state index contributed by atoms with van der Waals surface area (Å²) in [6.45, 7) is 3.26. The summed E-state index contributed by atoms with van der Waals surface area (Å²) in [6.07, 6.45) is -0.292. The number of fused-ring (bicyclic) bond motifs is 1. The average Bonchev–Trinajstić information content (AvgIpc) is 2.41. The monoisotopic (exact) mass is 144 g/mol. The highest BCUT2D eigenvalue weighted by Gasteiger charge is 2.44. The summed E-state index contributed by atoms with van der Waals surface area (Å²) in [6, 6.07) is 0. The van der Waals surface area contributed by atoms with E-state index < -0.39 is 6.10 Å². The van der Waals surface area contributed by atoms with Crippen molar-refractivity contribution in [1.82, 2.24) is 0 Å². The molecule has 0 aromatic heterocycles. The van der Waals surface area contributed by atoms with E-state index in [1.54, 1.807) is 0 Å². The van der Waals surface area contributed by atoms with Crippen molar-refractivity contribution in [3.05, 3.63) is 0 Å². The van der Waals surface area contributed by atoms with Gasteiger partial charge in [-0.25, -0.2) is 0 Å². The van der Waals surface area contributed by atoms with Gasteiger partial charge in [-0.15, -0.1) is 0 Å². The Bertz CT molecular complexity index is 121. The van der Waals surface area contributed by atoms with Gasteiger partial charge in [-0.1, -0.05) is 6.92 Å². The number of aliphatic hydroxyl groups is 1. The van der Waals surface area contributed by atoms with Crippen LogP contribution < -0.4 is 0 Å². The summed E-state index contributed by atoms with van der Waals surface area (Å²) in [5.41, 5.74) is 0. The van der Waals surface area contributed by atoms with Crippen molar-refractivity contribution in [2.24, 2.45) is 5.92 Å². The smallest absolute Gasteiger partial charge is 0.112 e. The molecule has 1 N–H and O–H groups in total. The Morgan fingerprint density at radius 2 is 1.90 bits per heavy atom. The van der Waals surface area contributed by atoms with Crippen molar-refractivity contribution >= 4 is 0 Å². The number of rotatable bonds is 0. The second-order valence-corrected chi connectivity index (χ2v) is 3.14. The Labute approximate surface area is 59.9 Å². The van der Waals surface area contributed by atoms with Crippen molar-refractivity contribution in [1.29, 1.82) is 0 Å². The second kappa shape index (κ2) is 2.19. The standard InChI is InChI=1S/C7H12O3/c1-4-2-9-7-5(8)3-10-6(4)7/h4-8H,2-3H2,1H3/t4?,5-,6-,7-/m1/s1. The van der Waals surface area contributed by atoms with E-state index in [4.69, 9.17) is 9.47 Å². The molecule has 4 atom stereocenters. The number of ether oxygens (including phenoxy) is 2.